The van der Waals surface area contributed by atoms with Gasteiger partial charge >= 0.3 is 0 Å². The van der Waals surface area contributed by atoms with Crippen molar-refractivity contribution in [2.45, 2.75) is 10.6 Å². The second-order valence-corrected chi connectivity index (χ2v) is 5.69. The van der Waals surface area contributed by atoms with Crippen LogP contribution in [0, 0.1) is 0 Å². The topological polar surface area (TPSA) is 0 Å². The van der Waals surface area contributed by atoms with Crippen molar-refractivity contribution < 1.29 is 0 Å². The molecule has 3 heteroatoms. The van der Waals surface area contributed by atoms with E-state index in [1.54, 1.807) is 11.8 Å². The van der Waals surface area contributed by atoms with Gasteiger partial charge in [-0.1, -0.05) is 51.8 Å². The van der Waals surface area contributed by atoms with E-state index in [0.29, 0.717) is 0 Å². The summed E-state index contributed by atoms with van der Waals surface area (Å²) in [6.45, 7) is 0. The molecule has 2 rings (SSSR count). The second-order valence-electron chi connectivity index (χ2n) is 3.35. The second kappa shape index (κ2) is 5.76. The molecule has 0 spiro atoms. The molecule has 0 fully saturated rings. The number of hydrogen-bond acceptors (Lipinski definition) is 1. The van der Waals surface area contributed by atoms with Crippen molar-refractivity contribution in [1.29, 1.82) is 0 Å². The van der Waals surface area contributed by atoms with Crippen molar-refractivity contribution in [3.8, 4) is 0 Å². The van der Waals surface area contributed by atoms with Crippen molar-refractivity contribution in [2.75, 3.05) is 0 Å². The molecule has 0 N–H and O–H groups in total. The van der Waals surface area contributed by atoms with Gasteiger partial charge in [0, 0.05) is 15.1 Å². The van der Waals surface area contributed by atoms with Crippen LogP contribution in [-0.2, 0) is 5.75 Å². The largest absolute Gasteiger partial charge is 0.120 e. The molecule has 0 aliphatic rings. The normalized spacial score (nSPS) is 10.4. The summed E-state index contributed by atoms with van der Waals surface area (Å²) < 4.78 is 1.11. The molecule has 0 aliphatic heterocycles. The number of hydrogen-bond donors (Lipinski definition) is 0. The summed E-state index contributed by atoms with van der Waals surface area (Å²) in [6, 6.07) is 16.3. The maximum atomic E-state index is 6.09. The number of thioether (sulfide) groups is 1. The molecule has 0 amide bonds. The molecule has 0 nitrogen and oxygen atoms in total. The first-order chi connectivity index (χ1) is 7.75. The minimum absolute atomic E-state index is 0.824. The Labute approximate surface area is 113 Å². The summed E-state index contributed by atoms with van der Waals surface area (Å²) in [5, 5.41) is 0.824. The maximum absolute atomic E-state index is 6.09. The summed E-state index contributed by atoms with van der Waals surface area (Å²) >= 11 is 11.3. The van der Waals surface area contributed by atoms with Crippen LogP contribution in [0.4, 0.5) is 0 Å². The Morgan fingerprint density at radius 3 is 2.38 bits per heavy atom. The molecule has 16 heavy (non-hydrogen) atoms. The molecule has 0 unspecified atom stereocenters. The Balaban J connectivity index is 2.02. The van der Waals surface area contributed by atoms with Crippen molar-refractivity contribution >= 4 is 39.3 Å². The van der Waals surface area contributed by atoms with Crippen LogP contribution in [0.3, 0.4) is 0 Å². The first kappa shape index (κ1) is 12.0. The predicted octanol–water partition coefficient (Wildman–Crippen LogP) is 5.39. The summed E-state index contributed by atoms with van der Waals surface area (Å²) in [7, 11) is 0. The highest BCUT2D eigenvalue weighted by Crippen LogP contribution is 2.29. The molecule has 2 aromatic rings. The molecule has 82 valence electrons. The van der Waals surface area contributed by atoms with E-state index in [9.17, 15) is 0 Å². The average molecular weight is 314 g/mol. The van der Waals surface area contributed by atoms with Gasteiger partial charge in [-0.25, -0.2) is 0 Å². The Hall–Kier alpha value is -0.440. The summed E-state index contributed by atoms with van der Waals surface area (Å²) in [6.07, 6.45) is 0. The van der Waals surface area contributed by atoms with Gasteiger partial charge in [0.15, 0.2) is 0 Å². The van der Waals surface area contributed by atoms with Crippen molar-refractivity contribution in [3.63, 3.8) is 0 Å². The van der Waals surface area contributed by atoms with Crippen LogP contribution in [0.1, 0.15) is 5.56 Å². The van der Waals surface area contributed by atoms with Gasteiger partial charge in [0.2, 0.25) is 0 Å². The minimum atomic E-state index is 0.824. The zero-order chi connectivity index (χ0) is 11.4. The van der Waals surface area contributed by atoms with Gasteiger partial charge in [-0.15, -0.1) is 11.8 Å². The highest BCUT2D eigenvalue weighted by molar-refractivity contribution is 9.10. The Bertz CT molecular complexity index is 468. The number of benzene rings is 2. The Morgan fingerprint density at radius 2 is 1.69 bits per heavy atom. The van der Waals surface area contributed by atoms with Crippen LogP contribution < -0.4 is 0 Å². The SMILES string of the molecule is Clc1ccccc1SCc1ccc(Br)cc1. The van der Waals surface area contributed by atoms with E-state index in [-0.39, 0.29) is 0 Å². The van der Waals surface area contributed by atoms with Gasteiger partial charge in [0.25, 0.3) is 0 Å². The van der Waals surface area contributed by atoms with Crippen LogP contribution in [-0.4, -0.2) is 0 Å². The van der Waals surface area contributed by atoms with Gasteiger partial charge in [-0.3, -0.25) is 0 Å². The lowest BCUT2D eigenvalue weighted by atomic mass is 10.2. The first-order valence-corrected chi connectivity index (χ1v) is 7.03. The minimum Gasteiger partial charge on any atom is -0.120 e. The molecule has 0 aliphatic carbocycles. The van der Waals surface area contributed by atoms with Crippen LogP contribution in [0.2, 0.25) is 5.02 Å². The zero-order valence-corrected chi connectivity index (χ0v) is 11.6. The lowest BCUT2D eigenvalue weighted by molar-refractivity contribution is 1.37. The van der Waals surface area contributed by atoms with Crippen molar-refractivity contribution in [3.05, 3.63) is 63.6 Å². The third-order valence-electron chi connectivity index (χ3n) is 2.14. The van der Waals surface area contributed by atoms with Gasteiger partial charge in [0.1, 0.15) is 0 Å². The molecule has 0 bridgehead atoms. The molecule has 0 atom stereocenters. The van der Waals surface area contributed by atoms with Gasteiger partial charge in [-0.05, 0) is 29.8 Å². The molecule has 2 aromatic carbocycles. The van der Waals surface area contributed by atoms with Gasteiger partial charge < -0.3 is 0 Å². The smallest absolute Gasteiger partial charge is 0.0541 e. The summed E-state index contributed by atoms with van der Waals surface area (Å²) in [5.74, 6) is 0.941. The fraction of sp³-hybridized carbons (Fsp3) is 0.0769. The van der Waals surface area contributed by atoms with Crippen molar-refractivity contribution in [1.82, 2.24) is 0 Å². The number of rotatable bonds is 3. The quantitative estimate of drug-likeness (QED) is 0.684. The van der Waals surface area contributed by atoms with Gasteiger partial charge in [0.05, 0.1) is 5.02 Å². The fourth-order valence-corrected chi connectivity index (χ4v) is 2.76. The highest BCUT2D eigenvalue weighted by Gasteiger charge is 2.00. The monoisotopic (exact) mass is 312 g/mol. The van der Waals surface area contributed by atoms with E-state index in [0.717, 1.165) is 20.1 Å². The first-order valence-electron chi connectivity index (χ1n) is 4.87. The molecule has 0 aromatic heterocycles. The Kier molecular flexibility index (Phi) is 4.33. The van der Waals surface area contributed by atoms with E-state index in [2.05, 4.69) is 40.2 Å². The maximum Gasteiger partial charge on any atom is 0.0541 e. The molecular formula is C13H10BrClS. The molecule has 0 saturated heterocycles. The lowest BCUT2D eigenvalue weighted by Crippen LogP contribution is -1.80. The summed E-state index contributed by atoms with van der Waals surface area (Å²) in [5.41, 5.74) is 1.30. The lowest BCUT2D eigenvalue weighted by Gasteiger charge is -2.04. The third-order valence-corrected chi connectivity index (χ3v) is 4.26. The predicted molar refractivity (Wildman–Crippen MR) is 75.2 cm³/mol. The van der Waals surface area contributed by atoms with Crippen LogP contribution in [0.25, 0.3) is 0 Å². The third kappa shape index (κ3) is 3.27. The molecular weight excluding hydrogens is 304 g/mol. The van der Waals surface area contributed by atoms with E-state index >= 15 is 0 Å². The van der Waals surface area contributed by atoms with Gasteiger partial charge in [-0.2, -0.15) is 0 Å². The molecule has 0 heterocycles. The van der Waals surface area contributed by atoms with E-state index < -0.39 is 0 Å². The van der Waals surface area contributed by atoms with Crippen molar-refractivity contribution in [2.24, 2.45) is 0 Å². The molecule has 0 radical (unpaired) electrons. The molecule has 0 saturated carbocycles. The fourth-order valence-electron chi connectivity index (χ4n) is 1.30. The van der Waals surface area contributed by atoms with Crippen LogP contribution >= 0.6 is 39.3 Å². The van der Waals surface area contributed by atoms with E-state index in [1.165, 1.54) is 5.56 Å². The zero-order valence-electron chi connectivity index (χ0n) is 8.49. The Morgan fingerprint density at radius 1 is 1.00 bits per heavy atom. The van der Waals surface area contributed by atoms with Crippen LogP contribution in [0.15, 0.2) is 57.9 Å². The number of halogens is 2. The summed E-state index contributed by atoms with van der Waals surface area (Å²) in [4.78, 5) is 1.13. The highest BCUT2D eigenvalue weighted by atomic mass is 79.9. The average Bonchev–Trinajstić information content (AvgIpc) is 2.30. The van der Waals surface area contributed by atoms with Crippen LogP contribution in [0.5, 0.6) is 0 Å². The standard InChI is InChI=1S/C13H10BrClS/c14-11-7-5-10(6-8-11)9-16-13-4-2-1-3-12(13)15/h1-8H,9H2. The van der Waals surface area contributed by atoms with E-state index in [1.807, 2.05) is 24.3 Å². The van der Waals surface area contributed by atoms with E-state index in [4.69, 9.17) is 11.6 Å².